The molecular weight excluding hydrogens is 717 g/mol. The van der Waals surface area contributed by atoms with Gasteiger partial charge in [-0.1, -0.05) is 17.7 Å². The van der Waals surface area contributed by atoms with E-state index in [4.69, 9.17) is 35.5 Å². The number of thiophene rings is 1. The van der Waals surface area contributed by atoms with Crippen LogP contribution in [0.2, 0.25) is 5.02 Å². The number of nitrogens with zero attached hydrogens (tertiary/aromatic N) is 5. The summed E-state index contributed by atoms with van der Waals surface area (Å²) in [4.78, 5) is 12.8. The molecule has 270 valence electrons. The van der Waals surface area contributed by atoms with Gasteiger partial charge in [0, 0.05) is 37.4 Å². The molecule has 0 bridgehead atoms. The molecule has 51 heavy (non-hydrogen) atoms. The molecule has 3 saturated heterocycles. The standard InChI is InChI=1S/C35H33ClF5N5O4S/c1-34(47-2)14-46-18(13-48-15-34)6-9-49-28-24-27(43-33(44-32(24)46)50-16-35-7-3-8-45(35)12-17(37)10-35)26(39)23(25(28)36)19-4-5-21(38)30-22(19)20(11-42)29(51-30)31(40)41/h4-5,17-18,31H,3,6-10,12-16H2,1-2H3/t17-,18?,34?,35+/m1/s1. The van der Waals surface area contributed by atoms with E-state index >= 15 is 8.78 Å². The zero-order chi connectivity index (χ0) is 35.8. The second-order valence-electron chi connectivity index (χ2n) is 13.9. The topological polar surface area (TPSA) is 93.0 Å². The van der Waals surface area contributed by atoms with Crippen LogP contribution in [0.1, 0.15) is 49.5 Å². The van der Waals surface area contributed by atoms with Gasteiger partial charge >= 0.3 is 6.01 Å². The van der Waals surface area contributed by atoms with E-state index in [-0.39, 0.29) is 87.1 Å². The minimum absolute atomic E-state index is 0.0317. The summed E-state index contributed by atoms with van der Waals surface area (Å²) in [6.45, 7) is 3.99. The van der Waals surface area contributed by atoms with Gasteiger partial charge < -0.3 is 23.8 Å². The highest BCUT2D eigenvalue weighted by atomic mass is 35.5. The quantitative estimate of drug-likeness (QED) is 0.185. The Kier molecular flexibility index (Phi) is 8.69. The van der Waals surface area contributed by atoms with Crippen molar-refractivity contribution in [1.29, 1.82) is 5.26 Å². The van der Waals surface area contributed by atoms with E-state index < -0.39 is 45.8 Å². The molecule has 2 unspecified atom stereocenters. The van der Waals surface area contributed by atoms with Crippen LogP contribution in [-0.2, 0) is 9.47 Å². The van der Waals surface area contributed by atoms with Gasteiger partial charge in [0.25, 0.3) is 6.43 Å². The zero-order valence-corrected chi connectivity index (χ0v) is 29.3. The monoisotopic (exact) mass is 749 g/mol. The van der Waals surface area contributed by atoms with Crippen LogP contribution < -0.4 is 14.4 Å². The third kappa shape index (κ3) is 5.56. The summed E-state index contributed by atoms with van der Waals surface area (Å²) >= 11 is 7.46. The van der Waals surface area contributed by atoms with Gasteiger partial charge in [-0.25, -0.2) is 22.0 Å². The number of anilines is 1. The molecule has 16 heteroatoms. The maximum atomic E-state index is 17.4. The van der Waals surface area contributed by atoms with Crippen LogP contribution in [0.15, 0.2) is 12.1 Å². The molecule has 2 aromatic heterocycles. The second kappa shape index (κ2) is 12.8. The summed E-state index contributed by atoms with van der Waals surface area (Å²) in [5.74, 6) is -1.53. The Morgan fingerprint density at radius 2 is 2.06 bits per heavy atom. The molecule has 4 atom stereocenters. The Morgan fingerprint density at radius 3 is 2.82 bits per heavy atom. The van der Waals surface area contributed by atoms with E-state index in [0.29, 0.717) is 37.3 Å². The zero-order valence-electron chi connectivity index (χ0n) is 27.7. The van der Waals surface area contributed by atoms with Crippen molar-refractivity contribution in [3.63, 3.8) is 0 Å². The lowest BCUT2D eigenvalue weighted by Crippen LogP contribution is -2.48. The summed E-state index contributed by atoms with van der Waals surface area (Å²) in [5, 5.41) is 9.69. The van der Waals surface area contributed by atoms with Gasteiger partial charge in [0.05, 0.1) is 63.5 Å². The summed E-state index contributed by atoms with van der Waals surface area (Å²) in [5.41, 5.74) is -2.43. The Bertz CT molecular complexity index is 2100. The van der Waals surface area contributed by atoms with E-state index in [0.717, 1.165) is 25.5 Å². The fourth-order valence-electron chi connectivity index (χ4n) is 8.13. The average Bonchev–Trinajstić information content (AvgIpc) is 3.74. The number of rotatable bonds is 6. The van der Waals surface area contributed by atoms with Crippen LogP contribution in [0.25, 0.3) is 32.1 Å². The van der Waals surface area contributed by atoms with Crippen molar-refractivity contribution in [2.24, 2.45) is 0 Å². The highest BCUT2D eigenvalue weighted by Gasteiger charge is 2.49. The first-order chi connectivity index (χ1) is 24.5. The normalized spacial score (nSPS) is 26.5. The summed E-state index contributed by atoms with van der Waals surface area (Å²) in [7, 11) is 1.58. The third-order valence-corrected chi connectivity index (χ3v) is 12.3. The molecule has 4 aromatic rings. The first-order valence-electron chi connectivity index (χ1n) is 16.7. The number of hydrogen-bond acceptors (Lipinski definition) is 10. The van der Waals surface area contributed by atoms with Crippen molar-refractivity contribution < 1.29 is 40.9 Å². The molecule has 2 aromatic carbocycles. The number of fused-ring (bicyclic) bond motifs is 4. The molecule has 0 radical (unpaired) electrons. The van der Waals surface area contributed by atoms with Gasteiger partial charge in [0.2, 0.25) is 0 Å². The molecule has 0 aliphatic carbocycles. The van der Waals surface area contributed by atoms with E-state index in [1.54, 1.807) is 13.2 Å². The molecule has 8 rings (SSSR count). The highest BCUT2D eigenvalue weighted by molar-refractivity contribution is 7.19. The molecule has 4 aliphatic heterocycles. The molecule has 9 nitrogen and oxygen atoms in total. The number of ether oxygens (including phenoxy) is 4. The molecule has 0 saturated carbocycles. The Labute approximate surface area is 298 Å². The highest BCUT2D eigenvalue weighted by Crippen LogP contribution is 2.51. The van der Waals surface area contributed by atoms with Crippen LogP contribution in [-0.4, -0.2) is 91.4 Å². The minimum atomic E-state index is -3.07. The van der Waals surface area contributed by atoms with Crippen LogP contribution >= 0.6 is 22.9 Å². The van der Waals surface area contributed by atoms with Crippen LogP contribution in [0.3, 0.4) is 0 Å². The maximum Gasteiger partial charge on any atom is 0.319 e. The number of benzene rings is 2. The lowest BCUT2D eigenvalue weighted by atomic mass is 9.95. The number of alkyl halides is 3. The second-order valence-corrected chi connectivity index (χ2v) is 15.3. The van der Waals surface area contributed by atoms with Crippen molar-refractivity contribution in [2.45, 2.75) is 62.4 Å². The van der Waals surface area contributed by atoms with Gasteiger partial charge in [-0.05, 0) is 37.9 Å². The third-order valence-electron chi connectivity index (χ3n) is 10.7. The van der Waals surface area contributed by atoms with Crippen molar-refractivity contribution >= 4 is 49.7 Å². The predicted octanol–water partition coefficient (Wildman–Crippen LogP) is 7.60. The van der Waals surface area contributed by atoms with Crippen LogP contribution in [0.4, 0.5) is 27.8 Å². The van der Waals surface area contributed by atoms with E-state index in [2.05, 4.69) is 9.88 Å². The molecule has 6 heterocycles. The lowest BCUT2D eigenvalue weighted by molar-refractivity contribution is -0.0460. The molecule has 3 fully saturated rings. The smallest absolute Gasteiger partial charge is 0.319 e. The number of hydrogen-bond donors (Lipinski definition) is 0. The Morgan fingerprint density at radius 1 is 1.24 bits per heavy atom. The minimum Gasteiger partial charge on any atom is -0.491 e. The number of nitriles is 1. The van der Waals surface area contributed by atoms with Crippen LogP contribution in [0.5, 0.6) is 11.8 Å². The summed E-state index contributed by atoms with van der Waals surface area (Å²) < 4.78 is 99.4. The van der Waals surface area contributed by atoms with Crippen molar-refractivity contribution in [3.8, 4) is 29.0 Å². The van der Waals surface area contributed by atoms with Gasteiger partial charge in [-0.3, -0.25) is 4.90 Å². The molecule has 0 N–H and O–H groups in total. The van der Waals surface area contributed by atoms with Crippen molar-refractivity contribution in [3.05, 3.63) is 39.2 Å². The molecular formula is C35H33ClF5N5O4S. The fourth-order valence-corrected chi connectivity index (χ4v) is 9.50. The van der Waals surface area contributed by atoms with E-state index in [9.17, 15) is 18.4 Å². The maximum absolute atomic E-state index is 17.4. The van der Waals surface area contributed by atoms with Crippen molar-refractivity contribution in [1.82, 2.24) is 14.9 Å². The van der Waals surface area contributed by atoms with E-state index in [1.165, 1.54) is 6.07 Å². The Balaban J connectivity index is 1.38. The van der Waals surface area contributed by atoms with Gasteiger partial charge in [-0.15, -0.1) is 11.3 Å². The van der Waals surface area contributed by atoms with Crippen LogP contribution in [0, 0.1) is 23.0 Å². The predicted molar refractivity (Wildman–Crippen MR) is 181 cm³/mol. The first-order valence-corrected chi connectivity index (χ1v) is 17.9. The number of halogens is 6. The SMILES string of the molecule is COC1(C)COCC2CCOc3c(Cl)c(-c4ccc(F)c5sc(C(F)F)c(C#N)c45)c(F)c4nc(OC[C@@]56CCCN5C[C@H](F)C6)nc(c34)N2C1. The first kappa shape index (κ1) is 34.5. The van der Waals surface area contributed by atoms with E-state index in [1.807, 2.05) is 11.8 Å². The molecule has 4 aliphatic rings. The Hall–Kier alpha value is -3.55. The number of aromatic nitrogens is 2. The van der Waals surface area contributed by atoms with Gasteiger partial charge in [0.1, 0.15) is 41.6 Å². The lowest BCUT2D eigenvalue weighted by Gasteiger charge is -2.37. The van der Waals surface area contributed by atoms with Gasteiger partial charge in [0.15, 0.2) is 11.6 Å². The average molecular weight is 750 g/mol. The largest absolute Gasteiger partial charge is 0.491 e. The fraction of sp³-hybridized carbons (Fsp3) is 0.514. The molecule has 0 amide bonds. The summed E-state index contributed by atoms with van der Waals surface area (Å²) in [6.07, 6.45) is -1.73. The van der Waals surface area contributed by atoms with Gasteiger partial charge in [-0.2, -0.15) is 15.2 Å². The molecule has 0 spiro atoms. The summed E-state index contributed by atoms with van der Waals surface area (Å²) in [6, 6.07) is 3.55. The number of methoxy groups -OCH3 is 1. The van der Waals surface area contributed by atoms with Crippen molar-refractivity contribution in [2.75, 3.05) is 58.1 Å².